The summed E-state index contributed by atoms with van der Waals surface area (Å²) in [5.41, 5.74) is 6.06. The predicted octanol–water partition coefficient (Wildman–Crippen LogP) is 0.958. The van der Waals surface area contributed by atoms with Crippen molar-refractivity contribution in [3.63, 3.8) is 0 Å². The third kappa shape index (κ3) is 2.18. The van der Waals surface area contributed by atoms with Crippen molar-refractivity contribution in [2.75, 3.05) is 13.7 Å². The van der Waals surface area contributed by atoms with Gasteiger partial charge in [-0.25, -0.2) is 0 Å². The second-order valence-corrected chi connectivity index (χ2v) is 4.09. The Balaban J connectivity index is 2.12. The Kier molecular flexibility index (Phi) is 3.02. The smallest absolute Gasteiger partial charge is 0.150 e. The minimum atomic E-state index is -0.0632. The van der Waals surface area contributed by atoms with Gasteiger partial charge in [0.05, 0.1) is 6.04 Å². The number of nitrogens with two attached hydrogens (primary N) is 1. The second-order valence-electron chi connectivity index (χ2n) is 4.09. The SMILES string of the molecule is COCCC(N)c1nnc(C)n1C1CC1. The van der Waals surface area contributed by atoms with Crippen LogP contribution in [0, 0.1) is 6.92 Å². The van der Waals surface area contributed by atoms with Crippen molar-refractivity contribution in [3.8, 4) is 0 Å². The molecule has 0 saturated heterocycles. The highest BCUT2D eigenvalue weighted by atomic mass is 16.5. The van der Waals surface area contributed by atoms with E-state index < -0.39 is 0 Å². The number of ether oxygens (including phenoxy) is 1. The molecule has 1 aliphatic rings. The molecule has 0 bridgehead atoms. The van der Waals surface area contributed by atoms with Crippen molar-refractivity contribution in [1.82, 2.24) is 14.8 Å². The van der Waals surface area contributed by atoms with E-state index in [2.05, 4.69) is 14.8 Å². The summed E-state index contributed by atoms with van der Waals surface area (Å²) in [5, 5.41) is 8.26. The molecule has 1 atom stereocenters. The van der Waals surface area contributed by atoms with Crippen molar-refractivity contribution >= 4 is 0 Å². The van der Waals surface area contributed by atoms with Crippen LogP contribution in [0.3, 0.4) is 0 Å². The summed E-state index contributed by atoms with van der Waals surface area (Å²) in [7, 11) is 1.68. The normalized spacial score (nSPS) is 18.1. The van der Waals surface area contributed by atoms with E-state index in [1.165, 1.54) is 12.8 Å². The van der Waals surface area contributed by atoms with Crippen molar-refractivity contribution < 1.29 is 4.74 Å². The molecule has 2 rings (SSSR count). The predicted molar refractivity (Wildman–Crippen MR) is 56.5 cm³/mol. The third-order valence-electron chi connectivity index (χ3n) is 2.77. The summed E-state index contributed by atoms with van der Waals surface area (Å²) in [6, 6.07) is 0.523. The first-order valence-electron chi connectivity index (χ1n) is 5.40. The molecule has 1 fully saturated rings. The van der Waals surface area contributed by atoms with E-state index in [0.29, 0.717) is 12.6 Å². The molecule has 5 heteroatoms. The molecule has 0 aliphatic heterocycles. The third-order valence-corrected chi connectivity index (χ3v) is 2.77. The van der Waals surface area contributed by atoms with Gasteiger partial charge in [0.1, 0.15) is 11.6 Å². The molecule has 1 aromatic heterocycles. The number of hydrogen-bond donors (Lipinski definition) is 1. The lowest BCUT2D eigenvalue weighted by atomic mass is 10.2. The first-order valence-corrected chi connectivity index (χ1v) is 5.40. The summed E-state index contributed by atoms with van der Waals surface area (Å²) in [6.45, 7) is 2.65. The Bertz CT molecular complexity index is 332. The second kappa shape index (κ2) is 4.28. The minimum absolute atomic E-state index is 0.0632. The Hall–Kier alpha value is -0.940. The molecule has 1 heterocycles. The molecular weight excluding hydrogens is 192 g/mol. The van der Waals surface area contributed by atoms with Crippen LogP contribution < -0.4 is 5.73 Å². The molecule has 0 spiro atoms. The molecular formula is C10H18N4O. The maximum absolute atomic E-state index is 6.06. The average molecular weight is 210 g/mol. The van der Waals surface area contributed by atoms with Gasteiger partial charge in [-0.2, -0.15) is 0 Å². The van der Waals surface area contributed by atoms with Gasteiger partial charge in [-0.05, 0) is 26.2 Å². The van der Waals surface area contributed by atoms with Crippen LogP contribution >= 0.6 is 0 Å². The number of nitrogens with zero attached hydrogens (tertiary/aromatic N) is 3. The number of rotatable bonds is 5. The zero-order valence-corrected chi connectivity index (χ0v) is 9.31. The van der Waals surface area contributed by atoms with Crippen LogP contribution in [0.15, 0.2) is 0 Å². The van der Waals surface area contributed by atoms with Crippen molar-refractivity contribution in [1.29, 1.82) is 0 Å². The highest BCUT2D eigenvalue weighted by molar-refractivity contribution is 5.05. The van der Waals surface area contributed by atoms with Crippen molar-refractivity contribution in [2.45, 2.75) is 38.3 Å². The van der Waals surface area contributed by atoms with Gasteiger partial charge in [0.25, 0.3) is 0 Å². The van der Waals surface area contributed by atoms with Crippen LogP contribution in [0.25, 0.3) is 0 Å². The lowest BCUT2D eigenvalue weighted by Gasteiger charge is -2.12. The summed E-state index contributed by atoms with van der Waals surface area (Å²) < 4.78 is 7.20. The van der Waals surface area contributed by atoms with E-state index in [4.69, 9.17) is 10.5 Å². The van der Waals surface area contributed by atoms with Gasteiger partial charge >= 0.3 is 0 Å². The zero-order chi connectivity index (χ0) is 10.8. The number of hydrogen-bond acceptors (Lipinski definition) is 4. The monoisotopic (exact) mass is 210 g/mol. The van der Waals surface area contributed by atoms with Crippen LogP contribution in [0.2, 0.25) is 0 Å². The number of methoxy groups -OCH3 is 1. The Morgan fingerprint density at radius 3 is 2.87 bits per heavy atom. The topological polar surface area (TPSA) is 66.0 Å². The highest BCUT2D eigenvalue weighted by Crippen LogP contribution is 2.37. The van der Waals surface area contributed by atoms with E-state index in [9.17, 15) is 0 Å². The van der Waals surface area contributed by atoms with E-state index in [-0.39, 0.29) is 6.04 Å². The van der Waals surface area contributed by atoms with E-state index in [0.717, 1.165) is 18.1 Å². The van der Waals surface area contributed by atoms with Gasteiger partial charge in [0, 0.05) is 19.8 Å². The minimum Gasteiger partial charge on any atom is -0.385 e. The fourth-order valence-corrected chi connectivity index (χ4v) is 1.80. The summed E-state index contributed by atoms with van der Waals surface area (Å²) in [6.07, 6.45) is 3.24. The first-order chi connectivity index (χ1) is 7.24. The molecule has 84 valence electrons. The molecule has 5 nitrogen and oxygen atoms in total. The molecule has 0 radical (unpaired) electrons. The standard InChI is InChI=1S/C10H18N4O/c1-7-12-13-10(9(11)5-6-15-2)14(7)8-3-4-8/h8-9H,3-6,11H2,1-2H3. The van der Waals surface area contributed by atoms with Crippen LogP contribution in [-0.4, -0.2) is 28.5 Å². The quantitative estimate of drug-likeness (QED) is 0.786. The van der Waals surface area contributed by atoms with Gasteiger partial charge in [0.15, 0.2) is 0 Å². The lowest BCUT2D eigenvalue weighted by molar-refractivity contribution is 0.186. The molecule has 1 aliphatic carbocycles. The molecule has 0 amide bonds. The molecule has 1 unspecified atom stereocenters. The van der Waals surface area contributed by atoms with Gasteiger partial charge < -0.3 is 15.0 Å². The Morgan fingerprint density at radius 1 is 1.53 bits per heavy atom. The fourth-order valence-electron chi connectivity index (χ4n) is 1.80. The van der Waals surface area contributed by atoms with Crippen LogP contribution in [0.5, 0.6) is 0 Å². The largest absolute Gasteiger partial charge is 0.385 e. The summed E-state index contributed by atoms with van der Waals surface area (Å²) >= 11 is 0. The summed E-state index contributed by atoms with van der Waals surface area (Å²) in [4.78, 5) is 0. The van der Waals surface area contributed by atoms with Crippen molar-refractivity contribution in [3.05, 3.63) is 11.6 Å². The highest BCUT2D eigenvalue weighted by Gasteiger charge is 2.29. The molecule has 1 saturated carbocycles. The number of aryl methyl sites for hydroxylation is 1. The average Bonchev–Trinajstić information content (AvgIpc) is 2.99. The van der Waals surface area contributed by atoms with Crippen LogP contribution in [0.4, 0.5) is 0 Å². The van der Waals surface area contributed by atoms with E-state index >= 15 is 0 Å². The van der Waals surface area contributed by atoms with Crippen molar-refractivity contribution in [2.24, 2.45) is 5.73 Å². The maximum Gasteiger partial charge on any atom is 0.150 e. The Morgan fingerprint density at radius 2 is 2.27 bits per heavy atom. The van der Waals surface area contributed by atoms with Gasteiger partial charge in [-0.3, -0.25) is 0 Å². The van der Waals surface area contributed by atoms with E-state index in [1.807, 2.05) is 6.92 Å². The Labute approximate surface area is 89.6 Å². The van der Waals surface area contributed by atoms with Gasteiger partial charge in [-0.15, -0.1) is 10.2 Å². The lowest BCUT2D eigenvalue weighted by Crippen LogP contribution is -2.18. The van der Waals surface area contributed by atoms with Gasteiger partial charge in [0.2, 0.25) is 0 Å². The molecule has 15 heavy (non-hydrogen) atoms. The molecule has 0 aromatic carbocycles. The van der Waals surface area contributed by atoms with E-state index in [1.54, 1.807) is 7.11 Å². The molecule has 1 aromatic rings. The van der Waals surface area contributed by atoms with Gasteiger partial charge in [-0.1, -0.05) is 0 Å². The first kappa shape index (κ1) is 10.6. The fraction of sp³-hybridized carbons (Fsp3) is 0.800. The zero-order valence-electron chi connectivity index (χ0n) is 9.31. The van der Waals surface area contributed by atoms with Crippen LogP contribution in [-0.2, 0) is 4.74 Å². The van der Waals surface area contributed by atoms with Crippen LogP contribution in [0.1, 0.15) is 43.0 Å². The number of aromatic nitrogens is 3. The maximum atomic E-state index is 6.06. The summed E-state index contributed by atoms with van der Waals surface area (Å²) in [5.74, 6) is 1.88. The molecule has 2 N–H and O–H groups in total.